The molecule has 3 nitrogen and oxygen atoms in total. The van der Waals surface area contributed by atoms with Gasteiger partial charge in [0.1, 0.15) is 0 Å². The van der Waals surface area contributed by atoms with Crippen LogP contribution in [0.25, 0.3) is 0 Å². The lowest BCUT2D eigenvalue weighted by Gasteiger charge is -2.19. The maximum absolute atomic E-state index is 7.40. The van der Waals surface area contributed by atoms with Gasteiger partial charge in [0.05, 0.1) is 6.17 Å². The summed E-state index contributed by atoms with van der Waals surface area (Å²) < 4.78 is 0. The molecule has 1 atom stereocenters. The lowest BCUT2D eigenvalue weighted by Crippen LogP contribution is -2.36. The first-order valence-corrected chi connectivity index (χ1v) is 4.06. The Hall–Kier alpha value is -0.120. The Morgan fingerprint density at radius 2 is 2.00 bits per heavy atom. The van der Waals surface area contributed by atoms with Crippen LogP contribution in [0.3, 0.4) is 0 Å². The summed E-state index contributed by atoms with van der Waals surface area (Å²) >= 11 is 0. The number of hydrogen-bond acceptors (Lipinski definition) is 3. The number of halogens is 1. The molecule has 0 aliphatic rings. The van der Waals surface area contributed by atoms with Crippen molar-refractivity contribution in [3.63, 3.8) is 0 Å². The summed E-state index contributed by atoms with van der Waals surface area (Å²) in [6, 6.07) is 0. The highest BCUT2D eigenvalue weighted by Gasteiger charge is 2.04. The van der Waals surface area contributed by atoms with Gasteiger partial charge in [-0.15, -0.1) is 12.4 Å². The molecule has 12 heavy (non-hydrogen) atoms. The highest BCUT2D eigenvalue weighted by Crippen LogP contribution is 1.99. The van der Waals surface area contributed by atoms with Crippen LogP contribution < -0.4 is 5.73 Å². The van der Waals surface area contributed by atoms with E-state index in [4.69, 9.17) is 11.1 Å². The number of nitrogens with two attached hydrogens (primary N) is 1. The molecule has 0 saturated carbocycles. The van der Waals surface area contributed by atoms with Crippen LogP contribution in [-0.4, -0.2) is 30.9 Å². The van der Waals surface area contributed by atoms with Gasteiger partial charge in [-0.05, 0) is 33.4 Å². The maximum Gasteiger partial charge on any atom is 0.0570 e. The molecule has 0 heterocycles. The van der Waals surface area contributed by atoms with E-state index in [0.29, 0.717) is 0 Å². The third-order valence-electron chi connectivity index (χ3n) is 1.83. The molecule has 3 N–H and O–H groups in total. The standard InChI is InChI=1S/C8H19N3.ClH/c1-4-7(9)5-6-8(10)11(2)3;/h8-9H,4-6,10H2,1-3H3;1H. The van der Waals surface area contributed by atoms with Gasteiger partial charge in [0.15, 0.2) is 0 Å². The Kier molecular flexibility index (Phi) is 9.03. The highest BCUT2D eigenvalue weighted by molar-refractivity contribution is 5.85. The molecule has 0 spiro atoms. The van der Waals surface area contributed by atoms with Gasteiger partial charge in [0.2, 0.25) is 0 Å². The fraction of sp³-hybridized carbons (Fsp3) is 0.875. The van der Waals surface area contributed by atoms with E-state index in [0.717, 1.165) is 25.0 Å². The van der Waals surface area contributed by atoms with E-state index in [-0.39, 0.29) is 18.6 Å². The van der Waals surface area contributed by atoms with Crippen molar-refractivity contribution in [3.05, 3.63) is 0 Å². The molecule has 1 unspecified atom stereocenters. The largest absolute Gasteiger partial charge is 0.316 e. The van der Waals surface area contributed by atoms with Crippen molar-refractivity contribution in [1.82, 2.24) is 4.90 Å². The van der Waals surface area contributed by atoms with Crippen LogP contribution in [0, 0.1) is 5.41 Å². The highest BCUT2D eigenvalue weighted by atomic mass is 35.5. The molecule has 0 rings (SSSR count). The fourth-order valence-electron chi connectivity index (χ4n) is 0.757. The molecule has 0 aromatic rings. The number of nitrogens with zero attached hydrogens (tertiary/aromatic N) is 1. The van der Waals surface area contributed by atoms with Gasteiger partial charge in [0, 0.05) is 5.71 Å². The summed E-state index contributed by atoms with van der Waals surface area (Å²) in [7, 11) is 3.92. The fourth-order valence-corrected chi connectivity index (χ4v) is 0.757. The SMILES string of the molecule is CCC(=N)CCC(N)N(C)C.Cl. The van der Waals surface area contributed by atoms with Crippen LogP contribution in [0.5, 0.6) is 0 Å². The number of nitrogens with one attached hydrogen (secondary N) is 1. The first-order valence-electron chi connectivity index (χ1n) is 4.06. The second kappa shape index (κ2) is 7.53. The summed E-state index contributed by atoms with van der Waals surface area (Å²) in [4.78, 5) is 1.98. The van der Waals surface area contributed by atoms with Gasteiger partial charge < -0.3 is 11.1 Å². The van der Waals surface area contributed by atoms with E-state index in [2.05, 4.69) is 0 Å². The van der Waals surface area contributed by atoms with Gasteiger partial charge in [-0.1, -0.05) is 6.92 Å². The van der Waals surface area contributed by atoms with Crippen LogP contribution in [0.15, 0.2) is 0 Å². The first kappa shape index (κ1) is 14.4. The van der Waals surface area contributed by atoms with Gasteiger partial charge in [-0.25, -0.2) is 0 Å². The van der Waals surface area contributed by atoms with Gasteiger partial charge in [-0.2, -0.15) is 0 Å². The Balaban J connectivity index is 0. The van der Waals surface area contributed by atoms with E-state index in [1.807, 2.05) is 25.9 Å². The zero-order valence-corrected chi connectivity index (χ0v) is 8.95. The Labute approximate surface area is 81.2 Å². The topological polar surface area (TPSA) is 53.1 Å². The average molecular weight is 194 g/mol. The van der Waals surface area contributed by atoms with Crippen LogP contribution in [0.4, 0.5) is 0 Å². The zero-order chi connectivity index (χ0) is 8.85. The van der Waals surface area contributed by atoms with Gasteiger partial charge >= 0.3 is 0 Å². The van der Waals surface area contributed by atoms with Gasteiger partial charge in [-0.3, -0.25) is 4.90 Å². The van der Waals surface area contributed by atoms with E-state index >= 15 is 0 Å². The molecular formula is C8H20ClN3. The number of hydrogen-bond donors (Lipinski definition) is 2. The third-order valence-corrected chi connectivity index (χ3v) is 1.83. The van der Waals surface area contributed by atoms with E-state index in [1.54, 1.807) is 0 Å². The predicted molar refractivity (Wildman–Crippen MR) is 56.2 cm³/mol. The quantitative estimate of drug-likeness (QED) is 0.513. The van der Waals surface area contributed by atoms with Crippen molar-refractivity contribution in [3.8, 4) is 0 Å². The molecule has 0 aliphatic carbocycles. The molecular weight excluding hydrogens is 174 g/mol. The van der Waals surface area contributed by atoms with Crippen LogP contribution in [0.2, 0.25) is 0 Å². The Morgan fingerprint density at radius 3 is 2.33 bits per heavy atom. The van der Waals surface area contributed by atoms with Gasteiger partial charge in [0.25, 0.3) is 0 Å². The predicted octanol–water partition coefficient (Wildman–Crippen LogP) is 1.46. The summed E-state index contributed by atoms with van der Waals surface area (Å²) in [5.41, 5.74) is 6.54. The van der Waals surface area contributed by atoms with E-state index in [1.165, 1.54) is 0 Å². The Morgan fingerprint density at radius 1 is 1.50 bits per heavy atom. The second-order valence-electron chi connectivity index (χ2n) is 3.03. The van der Waals surface area contributed by atoms with Crippen LogP contribution in [-0.2, 0) is 0 Å². The molecule has 74 valence electrons. The number of rotatable bonds is 5. The lowest BCUT2D eigenvalue weighted by molar-refractivity contribution is 0.288. The smallest absolute Gasteiger partial charge is 0.0570 e. The van der Waals surface area contributed by atoms with Crippen molar-refractivity contribution in [2.24, 2.45) is 5.73 Å². The van der Waals surface area contributed by atoms with Crippen molar-refractivity contribution >= 4 is 18.1 Å². The minimum atomic E-state index is 0. The molecule has 0 aromatic heterocycles. The van der Waals surface area contributed by atoms with Crippen molar-refractivity contribution in [2.75, 3.05) is 14.1 Å². The second-order valence-corrected chi connectivity index (χ2v) is 3.03. The Bertz CT molecular complexity index is 125. The third kappa shape index (κ3) is 6.58. The minimum Gasteiger partial charge on any atom is -0.316 e. The minimum absolute atomic E-state index is 0. The maximum atomic E-state index is 7.40. The van der Waals surface area contributed by atoms with Crippen LogP contribution >= 0.6 is 12.4 Å². The molecule has 0 amide bonds. The molecule has 0 aliphatic heterocycles. The summed E-state index contributed by atoms with van der Waals surface area (Å²) in [6.07, 6.45) is 2.66. The lowest BCUT2D eigenvalue weighted by atomic mass is 10.1. The monoisotopic (exact) mass is 193 g/mol. The first-order chi connectivity index (χ1) is 5.07. The van der Waals surface area contributed by atoms with E-state index in [9.17, 15) is 0 Å². The normalized spacial score (nSPS) is 12.4. The van der Waals surface area contributed by atoms with Crippen LogP contribution in [0.1, 0.15) is 26.2 Å². The molecule has 0 aromatic carbocycles. The average Bonchev–Trinajstić information content (AvgIpc) is 1.99. The summed E-state index contributed by atoms with van der Waals surface area (Å²) in [5.74, 6) is 0. The zero-order valence-electron chi connectivity index (χ0n) is 8.13. The molecule has 0 saturated heterocycles. The molecule has 0 bridgehead atoms. The summed E-state index contributed by atoms with van der Waals surface area (Å²) in [6.45, 7) is 2.00. The summed E-state index contributed by atoms with van der Waals surface area (Å²) in [5, 5.41) is 7.40. The molecule has 4 heteroatoms. The van der Waals surface area contributed by atoms with Crippen molar-refractivity contribution < 1.29 is 0 Å². The molecule has 0 radical (unpaired) electrons. The van der Waals surface area contributed by atoms with E-state index < -0.39 is 0 Å². The molecule has 0 fully saturated rings. The van der Waals surface area contributed by atoms with Crippen molar-refractivity contribution in [1.29, 1.82) is 5.41 Å². The van der Waals surface area contributed by atoms with Crippen molar-refractivity contribution in [2.45, 2.75) is 32.4 Å².